The summed E-state index contributed by atoms with van der Waals surface area (Å²) in [7, 11) is 7.68. The highest BCUT2D eigenvalue weighted by Gasteiger charge is 2.09. The topological polar surface area (TPSA) is 18.5 Å². The monoisotopic (exact) mass is 236 g/mol. The van der Waals surface area contributed by atoms with Gasteiger partial charge >= 0.3 is 0 Å². The van der Waals surface area contributed by atoms with Gasteiger partial charge in [-0.3, -0.25) is 0 Å². The van der Waals surface area contributed by atoms with Crippen molar-refractivity contribution in [3.63, 3.8) is 0 Å². The molecule has 2 nitrogen and oxygen atoms in total. The van der Waals surface area contributed by atoms with E-state index < -0.39 is 0 Å². The summed E-state index contributed by atoms with van der Waals surface area (Å²) in [5.41, 5.74) is 1.08. The van der Waals surface area contributed by atoms with Crippen LogP contribution in [-0.4, -0.2) is 33.6 Å². The van der Waals surface area contributed by atoms with Gasteiger partial charge in [0.2, 0.25) is 0 Å². The lowest BCUT2D eigenvalue weighted by molar-refractivity contribution is 0.310. The third kappa shape index (κ3) is 3.37. The lowest BCUT2D eigenvalue weighted by atomic mass is 9.82. The van der Waals surface area contributed by atoms with E-state index in [1.807, 2.05) is 31.4 Å². The first kappa shape index (κ1) is 13.3. The normalized spacial score (nSPS) is 12.2. The summed E-state index contributed by atoms with van der Waals surface area (Å²) in [4.78, 5) is 0. The maximum atomic E-state index is 6.04. The number of benzene rings is 1. The van der Waals surface area contributed by atoms with Crippen LogP contribution >= 0.6 is 11.8 Å². The second kappa shape index (κ2) is 6.74. The minimum atomic E-state index is 0.0418. The van der Waals surface area contributed by atoms with Crippen molar-refractivity contribution >= 4 is 19.6 Å². The van der Waals surface area contributed by atoms with Gasteiger partial charge in [0.1, 0.15) is 0 Å². The van der Waals surface area contributed by atoms with Crippen molar-refractivity contribution < 1.29 is 9.47 Å². The molecule has 0 aliphatic heterocycles. The molecule has 2 radical (unpaired) electrons. The minimum absolute atomic E-state index is 0.0418. The Morgan fingerprint density at radius 3 is 2.69 bits per heavy atom. The quantitative estimate of drug-likeness (QED) is 0.707. The average molecular weight is 236 g/mol. The summed E-state index contributed by atoms with van der Waals surface area (Å²) >= 11 is 1.74. The van der Waals surface area contributed by atoms with Gasteiger partial charge in [0, 0.05) is 0 Å². The van der Waals surface area contributed by atoms with Crippen molar-refractivity contribution in [2.24, 2.45) is 0 Å². The van der Waals surface area contributed by atoms with Crippen LogP contribution in [0.25, 0.3) is 0 Å². The fourth-order valence-corrected chi connectivity index (χ4v) is 2.02. The van der Waals surface area contributed by atoms with Crippen molar-refractivity contribution in [1.82, 2.24) is 0 Å². The summed E-state index contributed by atoms with van der Waals surface area (Å²) in [6, 6.07) is 5.85. The van der Waals surface area contributed by atoms with Crippen LogP contribution in [0, 0.1) is 0 Å². The molecule has 16 heavy (non-hydrogen) atoms. The van der Waals surface area contributed by atoms with Gasteiger partial charge in [-0.25, -0.2) is 0 Å². The van der Waals surface area contributed by atoms with Crippen LogP contribution in [0.5, 0.6) is 11.5 Å². The molecule has 0 bridgehead atoms. The molecule has 86 valence electrons. The van der Waals surface area contributed by atoms with Crippen LogP contribution in [0.15, 0.2) is 18.2 Å². The zero-order valence-electron chi connectivity index (χ0n) is 10.0. The molecular weight excluding hydrogens is 219 g/mol. The smallest absolute Gasteiger partial charge is 0.161 e. The largest absolute Gasteiger partial charge is 0.493 e. The maximum absolute atomic E-state index is 6.04. The number of hydrogen-bond donors (Lipinski definition) is 0. The van der Waals surface area contributed by atoms with Crippen LogP contribution in [0.3, 0.4) is 0 Å². The molecule has 0 spiro atoms. The van der Waals surface area contributed by atoms with Gasteiger partial charge in [-0.2, -0.15) is 11.8 Å². The molecule has 1 aromatic carbocycles. The van der Waals surface area contributed by atoms with Crippen molar-refractivity contribution in [1.29, 1.82) is 0 Å². The third-order valence-electron chi connectivity index (χ3n) is 2.26. The highest BCUT2D eigenvalue weighted by molar-refractivity contribution is 7.98. The molecule has 0 unspecified atom stereocenters. The summed E-state index contributed by atoms with van der Waals surface area (Å²) in [6.07, 6.45) is 2.05. The number of methoxy groups -OCH3 is 1. The van der Waals surface area contributed by atoms with E-state index in [1.54, 1.807) is 18.9 Å². The van der Waals surface area contributed by atoms with Crippen molar-refractivity contribution in [3.05, 3.63) is 23.8 Å². The van der Waals surface area contributed by atoms with E-state index in [9.17, 15) is 0 Å². The van der Waals surface area contributed by atoms with E-state index in [0.717, 1.165) is 22.8 Å². The van der Waals surface area contributed by atoms with Crippen LogP contribution in [0.1, 0.15) is 18.3 Å². The van der Waals surface area contributed by atoms with Crippen molar-refractivity contribution in [2.45, 2.75) is 12.7 Å². The highest BCUT2D eigenvalue weighted by atomic mass is 32.2. The molecule has 0 aliphatic carbocycles. The molecular formula is C12H17BO2S. The predicted octanol–water partition coefficient (Wildman–Crippen LogP) is 2.67. The lowest BCUT2D eigenvalue weighted by Gasteiger charge is -2.15. The Hall–Kier alpha value is -0.765. The minimum Gasteiger partial charge on any atom is -0.493 e. The van der Waals surface area contributed by atoms with E-state index in [0.29, 0.717) is 6.61 Å². The Bertz CT molecular complexity index is 331. The highest BCUT2D eigenvalue weighted by Crippen LogP contribution is 2.30. The Labute approximate surface area is 103 Å². The second-order valence-electron chi connectivity index (χ2n) is 3.41. The fourth-order valence-electron chi connectivity index (χ4n) is 1.47. The summed E-state index contributed by atoms with van der Waals surface area (Å²) < 4.78 is 10.7. The summed E-state index contributed by atoms with van der Waals surface area (Å²) in [5.74, 6) is 2.46. The van der Waals surface area contributed by atoms with Crippen LogP contribution in [0.2, 0.25) is 0 Å². The molecule has 0 heterocycles. The lowest BCUT2D eigenvalue weighted by Crippen LogP contribution is -2.03. The molecule has 1 rings (SSSR count). The van der Waals surface area contributed by atoms with Gasteiger partial charge in [0.25, 0.3) is 0 Å². The number of ether oxygens (including phenoxy) is 2. The Balaban J connectivity index is 2.91. The molecule has 0 saturated carbocycles. The van der Waals surface area contributed by atoms with Gasteiger partial charge in [-0.05, 0) is 42.4 Å². The first-order valence-corrected chi connectivity index (χ1v) is 6.67. The van der Waals surface area contributed by atoms with E-state index >= 15 is 0 Å². The standard InChI is InChI=1S/C12H17BO2S/c1-4-15-12-7-9(10(13)8-16-3)5-6-11(12)14-2/h5-7,10H,4,8H2,1-3H3/t10-/m0/s1. The molecule has 0 aromatic heterocycles. The zero-order valence-corrected chi connectivity index (χ0v) is 10.8. The maximum Gasteiger partial charge on any atom is 0.161 e. The molecule has 0 amide bonds. The molecule has 0 N–H and O–H groups in total. The average Bonchev–Trinajstić information content (AvgIpc) is 2.29. The second-order valence-corrected chi connectivity index (χ2v) is 4.32. The van der Waals surface area contributed by atoms with Gasteiger partial charge < -0.3 is 9.47 Å². The Morgan fingerprint density at radius 1 is 1.38 bits per heavy atom. The Morgan fingerprint density at radius 2 is 2.12 bits per heavy atom. The van der Waals surface area contributed by atoms with Crippen LogP contribution in [0.4, 0.5) is 0 Å². The zero-order chi connectivity index (χ0) is 12.0. The molecule has 0 saturated heterocycles. The van der Waals surface area contributed by atoms with E-state index in [1.165, 1.54) is 0 Å². The third-order valence-corrected chi connectivity index (χ3v) is 2.95. The van der Waals surface area contributed by atoms with E-state index in [4.69, 9.17) is 17.3 Å². The van der Waals surface area contributed by atoms with Crippen molar-refractivity contribution in [2.75, 3.05) is 25.7 Å². The molecule has 4 heteroatoms. The van der Waals surface area contributed by atoms with E-state index in [-0.39, 0.29) is 5.82 Å². The van der Waals surface area contributed by atoms with Gasteiger partial charge in [-0.1, -0.05) is 6.07 Å². The van der Waals surface area contributed by atoms with Crippen molar-refractivity contribution in [3.8, 4) is 11.5 Å². The predicted molar refractivity (Wildman–Crippen MR) is 71.0 cm³/mol. The number of hydrogen-bond acceptors (Lipinski definition) is 3. The summed E-state index contributed by atoms with van der Waals surface area (Å²) in [6.45, 7) is 2.57. The number of rotatable bonds is 6. The molecule has 0 fully saturated rings. The summed E-state index contributed by atoms with van der Waals surface area (Å²) in [5, 5.41) is 0. The molecule has 1 atom stereocenters. The Kier molecular flexibility index (Phi) is 5.60. The SMILES string of the molecule is [B][C@@H](CSC)c1ccc(OC)c(OCC)c1. The fraction of sp³-hybridized carbons (Fsp3) is 0.500. The first-order chi connectivity index (χ1) is 7.72. The molecule has 0 aliphatic rings. The number of thioether (sulfide) groups is 1. The van der Waals surface area contributed by atoms with Crippen LogP contribution < -0.4 is 9.47 Å². The van der Waals surface area contributed by atoms with Gasteiger partial charge in [0.15, 0.2) is 11.5 Å². The van der Waals surface area contributed by atoms with Crippen LogP contribution in [-0.2, 0) is 0 Å². The van der Waals surface area contributed by atoms with Gasteiger partial charge in [0.05, 0.1) is 21.6 Å². The van der Waals surface area contributed by atoms with E-state index in [2.05, 4.69) is 0 Å². The van der Waals surface area contributed by atoms with Gasteiger partial charge in [-0.15, -0.1) is 0 Å². The first-order valence-electron chi connectivity index (χ1n) is 5.28. The molecule has 1 aromatic rings.